The molecule has 2 rings (SSSR count). The Hall–Kier alpha value is -1.21. The molecule has 1 fully saturated rings. The minimum absolute atomic E-state index is 0.0485. The third-order valence-corrected chi connectivity index (χ3v) is 2.72. The van der Waals surface area contributed by atoms with Crippen molar-refractivity contribution in [1.29, 1.82) is 0 Å². The first kappa shape index (κ1) is 10.3. The van der Waals surface area contributed by atoms with Gasteiger partial charge in [0.25, 0.3) is 0 Å². The number of carbonyl (C=O) groups excluding carboxylic acids is 1. The van der Waals surface area contributed by atoms with Gasteiger partial charge in [-0.15, -0.1) is 5.11 Å². The fourth-order valence-electron chi connectivity index (χ4n) is 1.94. The summed E-state index contributed by atoms with van der Waals surface area (Å²) in [5.41, 5.74) is 8.14. The van der Waals surface area contributed by atoms with Crippen molar-refractivity contribution in [1.82, 2.24) is 15.4 Å². The first-order valence-electron chi connectivity index (χ1n) is 5.12. The number of primary amides is 1. The molecule has 84 valence electrons. The van der Waals surface area contributed by atoms with Gasteiger partial charge in [-0.3, -0.25) is 9.69 Å². The maximum Gasteiger partial charge on any atom is 0.240 e. The van der Waals surface area contributed by atoms with Gasteiger partial charge in [-0.25, -0.2) is 0 Å². The van der Waals surface area contributed by atoms with Gasteiger partial charge in [0.15, 0.2) is 0 Å². The van der Waals surface area contributed by atoms with Crippen LogP contribution in [0.4, 0.5) is 0 Å². The van der Waals surface area contributed by atoms with E-state index in [0.717, 1.165) is 13.1 Å². The average molecular weight is 212 g/mol. The summed E-state index contributed by atoms with van der Waals surface area (Å²) in [7, 11) is 0. The summed E-state index contributed by atoms with van der Waals surface area (Å²) in [4.78, 5) is 12.9. The molecule has 2 aliphatic heterocycles. The Kier molecular flexibility index (Phi) is 2.57. The summed E-state index contributed by atoms with van der Waals surface area (Å²) in [5.74, 6) is -0.932. The minimum atomic E-state index is -0.508. The van der Waals surface area contributed by atoms with E-state index in [1.165, 1.54) is 18.0 Å². The van der Waals surface area contributed by atoms with E-state index in [1.54, 1.807) is 0 Å². The lowest BCUT2D eigenvalue weighted by Crippen LogP contribution is -2.56. The van der Waals surface area contributed by atoms with Gasteiger partial charge in [0.1, 0.15) is 6.54 Å². The topological polar surface area (TPSA) is 86.3 Å². The molecular weight excluding hydrogens is 196 g/mol. The number of hydrogen-bond acceptors (Lipinski definition) is 6. The fourth-order valence-corrected chi connectivity index (χ4v) is 1.94. The number of nitrogens with one attached hydrogen (secondary N) is 1. The second-order valence-corrected chi connectivity index (χ2v) is 4.04. The molecule has 0 saturated carbocycles. The van der Waals surface area contributed by atoms with Gasteiger partial charge in [-0.1, -0.05) is 5.22 Å². The predicted octanol–water partition coefficient (Wildman–Crippen LogP) is -0.571. The molecule has 2 heterocycles. The standard InChI is InChI=1S/C8H16N6O/c1-8(13-4-2-3-5-13)10-12-14(11-8)6-7(9)15/h11H,2-6H2,1H3,(H2,9,15). The van der Waals surface area contributed by atoms with Crippen molar-refractivity contribution in [3.05, 3.63) is 0 Å². The average Bonchev–Trinajstić information content (AvgIpc) is 2.74. The molecule has 1 atom stereocenters. The molecule has 0 aromatic rings. The first-order valence-corrected chi connectivity index (χ1v) is 5.12. The van der Waals surface area contributed by atoms with Crippen LogP contribution in [-0.2, 0) is 4.79 Å². The van der Waals surface area contributed by atoms with E-state index in [2.05, 4.69) is 20.7 Å². The summed E-state index contributed by atoms with van der Waals surface area (Å²) in [6.45, 7) is 4.01. The zero-order valence-corrected chi connectivity index (χ0v) is 8.81. The zero-order valence-electron chi connectivity index (χ0n) is 8.81. The van der Waals surface area contributed by atoms with Gasteiger partial charge in [0.05, 0.1) is 0 Å². The summed E-state index contributed by atoms with van der Waals surface area (Å²) in [6.07, 6.45) is 2.37. The number of amides is 1. The highest BCUT2D eigenvalue weighted by molar-refractivity contribution is 5.75. The van der Waals surface area contributed by atoms with Crippen LogP contribution in [0.3, 0.4) is 0 Å². The Morgan fingerprint density at radius 1 is 1.53 bits per heavy atom. The SMILES string of the molecule is CC1(N2CCCC2)N=NN(CC(N)=O)N1. The Morgan fingerprint density at radius 3 is 2.80 bits per heavy atom. The number of rotatable bonds is 3. The van der Waals surface area contributed by atoms with E-state index < -0.39 is 11.7 Å². The highest BCUT2D eigenvalue weighted by Gasteiger charge is 2.39. The smallest absolute Gasteiger partial charge is 0.240 e. The van der Waals surface area contributed by atoms with E-state index in [-0.39, 0.29) is 6.54 Å². The van der Waals surface area contributed by atoms with Crippen molar-refractivity contribution < 1.29 is 4.79 Å². The van der Waals surface area contributed by atoms with Crippen LogP contribution in [0, 0.1) is 0 Å². The van der Waals surface area contributed by atoms with Crippen molar-refractivity contribution >= 4 is 5.91 Å². The maximum absolute atomic E-state index is 10.7. The quantitative estimate of drug-likeness (QED) is 0.656. The number of carbonyl (C=O) groups is 1. The van der Waals surface area contributed by atoms with Gasteiger partial charge in [0.2, 0.25) is 11.7 Å². The van der Waals surface area contributed by atoms with Gasteiger partial charge in [-0.05, 0) is 19.8 Å². The molecule has 7 nitrogen and oxygen atoms in total. The van der Waals surface area contributed by atoms with Crippen LogP contribution in [0.25, 0.3) is 0 Å². The molecule has 0 radical (unpaired) electrons. The molecule has 0 bridgehead atoms. The van der Waals surface area contributed by atoms with Crippen LogP contribution in [0.15, 0.2) is 10.3 Å². The molecule has 0 aromatic heterocycles. The molecule has 0 aromatic carbocycles. The largest absolute Gasteiger partial charge is 0.368 e. The lowest BCUT2D eigenvalue weighted by molar-refractivity contribution is -0.120. The van der Waals surface area contributed by atoms with E-state index in [0.29, 0.717) is 0 Å². The van der Waals surface area contributed by atoms with E-state index in [9.17, 15) is 4.79 Å². The van der Waals surface area contributed by atoms with Crippen LogP contribution in [0.2, 0.25) is 0 Å². The molecule has 2 aliphatic rings. The number of nitrogens with two attached hydrogens (primary N) is 1. The molecular formula is C8H16N6O. The predicted molar refractivity (Wildman–Crippen MR) is 53.1 cm³/mol. The van der Waals surface area contributed by atoms with E-state index >= 15 is 0 Å². The molecule has 1 unspecified atom stereocenters. The summed E-state index contributed by atoms with van der Waals surface area (Å²) < 4.78 is 0. The first-order chi connectivity index (χ1) is 7.10. The Bertz CT molecular complexity index is 287. The maximum atomic E-state index is 10.7. The molecule has 3 N–H and O–H groups in total. The van der Waals surface area contributed by atoms with Crippen molar-refractivity contribution in [2.75, 3.05) is 19.6 Å². The van der Waals surface area contributed by atoms with Crippen molar-refractivity contribution in [2.45, 2.75) is 25.6 Å². The van der Waals surface area contributed by atoms with Crippen LogP contribution in [0.5, 0.6) is 0 Å². The third kappa shape index (κ3) is 2.07. The summed E-state index contributed by atoms with van der Waals surface area (Å²) >= 11 is 0. The Balaban J connectivity index is 1.96. The summed E-state index contributed by atoms with van der Waals surface area (Å²) in [5, 5.41) is 9.41. The monoisotopic (exact) mass is 212 g/mol. The van der Waals surface area contributed by atoms with Crippen molar-refractivity contribution in [2.24, 2.45) is 16.1 Å². The lowest BCUT2D eigenvalue weighted by atomic mass is 10.4. The van der Waals surface area contributed by atoms with E-state index in [1.807, 2.05) is 6.92 Å². The molecule has 0 spiro atoms. The van der Waals surface area contributed by atoms with Gasteiger partial charge in [0, 0.05) is 13.1 Å². The number of likely N-dealkylation sites (tertiary alicyclic amines) is 1. The van der Waals surface area contributed by atoms with Crippen molar-refractivity contribution in [3.63, 3.8) is 0 Å². The Labute approximate surface area is 88.2 Å². The molecule has 15 heavy (non-hydrogen) atoms. The van der Waals surface area contributed by atoms with Crippen molar-refractivity contribution in [3.8, 4) is 0 Å². The third-order valence-electron chi connectivity index (χ3n) is 2.72. The van der Waals surface area contributed by atoms with Gasteiger partial charge in [-0.2, -0.15) is 10.5 Å². The van der Waals surface area contributed by atoms with E-state index in [4.69, 9.17) is 5.73 Å². The number of nitrogens with zero attached hydrogens (tertiary/aromatic N) is 4. The van der Waals surface area contributed by atoms with Crippen LogP contribution >= 0.6 is 0 Å². The summed E-state index contributed by atoms with van der Waals surface area (Å²) in [6, 6.07) is 0. The molecule has 1 amide bonds. The minimum Gasteiger partial charge on any atom is -0.368 e. The highest BCUT2D eigenvalue weighted by atomic mass is 16.1. The van der Waals surface area contributed by atoms with Gasteiger partial charge < -0.3 is 5.73 Å². The molecule has 1 saturated heterocycles. The zero-order chi connectivity index (χ0) is 10.9. The highest BCUT2D eigenvalue weighted by Crippen LogP contribution is 2.24. The second-order valence-electron chi connectivity index (χ2n) is 4.04. The van der Waals surface area contributed by atoms with Gasteiger partial charge >= 0.3 is 0 Å². The van der Waals surface area contributed by atoms with Crippen LogP contribution < -0.4 is 11.2 Å². The normalized spacial score (nSPS) is 31.4. The second kappa shape index (κ2) is 3.74. The lowest BCUT2D eigenvalue weighted by Gasteiger charge is -2.31. The fraction of sp³-hybridized carbons (Fsp3) is 0.875. The number of hydrogen-bond donors (Lipinski definition) is 2. The van der Waals surface area contributed by atoms with Crippen LogP contribution in [-0.4, -0.2) is 41.3 Å². The number of hydrazine groups is 1. The molecule has 7 heteroatoms. The Morgan fingerprint density at radius 2 is 2.20 bits per heavy atom. The molecule has 0 aliphatic carbocycles. The van der Waals surface area contributed by atoms with Crippen LogP contribution in [0.1, 0.15) is 19.8 Å².